The molecule has 1 aromatic carbocycles. The Kier molecular flexibility index (Phi) is 6.03. The van der Waals surface area contributed by atoms with Crippen LogP contribution in [0.25, 0.3) is 17.4 Å². The topological polar surface area (TPSA) is 92.0 Å². The van der Waals surface area contributed by atoms with Crippen LogP contribution in [0.3, 0.4) is 0 Å². The Balaban J connectivity index is 1.85. The maximum absolute atomic E-state index is 11.6. The highest BCUT2D eigenvalue weighted by molar-refractivity contribution is 8.04. The molecule has 6 nitrogen and oxygen atoms in total. The van der Waals surface area contributed by atoms with Crippen molar-refractivity contribution in [2.45, 2.75) is 31.8 Å². The van der Waals surface area contributed by atoms with Crippen LogP contribution in [0.5, 0.6) is 0 Å². The zero-order valence-electron chi connectivity index (χ0n) is 14.8. The van der Waals surface area contributed by atoms with Crippen molar-refractivity contribution in [2.24, 2.45) is 0 Å². The molecule has 0 aliphatic carbocycles. The third-order valence-electron chi connectivity index (χ3n) is 3.78. The number of aryl methyl sites for hydroxylation is 2. The van der Waals surface area contributed by atoms with E-state index < -0.39 is 5.97 Å². The highest BCUT2D eigenvalue weighted by Gasteiger charge is 2.15. The molecule has 27 heavy (non-hydrogen) atoms. The molecular formula is C19H18ClN3O3S. The highest BCUT2D eigenvalue weighted by Crippen LogP contribution is 2.31. The molecule has 0 saturated heterocycles. The third-order valence-corrected chi connectivity index (χ3v) is 4.89. The Morgan fingerprint density at radius 2 is 2.19 bits per heavy atom. The summed E-state index contributed by atoms with van der Waals surface area (Å²) < 4.78 is 5.81. The first-order valence-electron chi connectivity index (χ1n) is 8.36. The quantitative estimate of drug-likeness (QED) is 0.416. The van der Waals surface area contributed by atoms with E-state index in [9.17, 15) is 9.90 Å². The van der Waals surface area contributed by atoms with Gasteiger partial charge in [0.2, 0.25) is 5.16 Å². The fourth-order valence-electron chi connectivity index (χ4n) is 2.47. The molecule has 140 valence electrons. The van der Waals surface area contributed by atoms with E-state index in [1.54, 1.807) is 12.1 Å². The number of furan rings is 1. The third kappa shape index (κ3) is 4.81. The number of hydrogen-bond donors (Lipinski definition) is 2. The maximum Gasteiger partial charge on any atom is 0.342 e. The van der Waals surface area contributed by atoms with Gasteiger partial charge in [-0.1, -0.05) is 24.6 Å². The van der Waals surface area contributed by atoms with Crippen LogP contribution in [0.15, 0.2) is 44.8 Å². The van der Waals surface area contributed by atoms with E-state index in [4.69, 9.17) is 16.0 Å². The van der Waals surface area contributed by atoms with E-state index in [2.05, 4.69) is 15.2 Å². The number of nitrogens with zero attached hydrogens (tertiary/aromatic N) is 2. The van der Waals surface area contributed by atoms with Crippen molar-refractivity contribution in [1.29, 1.82) is 0 Å². The Morgan fingerprint density at radius 1 is 1.37 bits per heavy atom. The minimum atomic E-state index is -1.07. The molecule has 0 unspecified atom stereocenters. The van der Waals surface area contributed by atoms with Gasteiger partial charge in [-0.05, 0) is 54.9 Å². The fourth-order valence-corrected chi connectivity index (χ4v) is 3.35. The number of aromatic nitrogens is 3. The van der Waals surface area contributed by atoms with Gasteiger partial charge >= 0.3 is 5.97 Å². The van der Waals surface area contributed by atoms with Gasteiger partial charge in [-0.25, -0.2) is 9.78 Å². The van der Waals surface area contributed by atoms with Crippen molar-refractivity contribution in [3.63, 3.8) is 0 Å². The predicted molar refractivity (Wildman–Crippen MR) is 106 cm³/mol. The molecule has 2 aromatic heterocycles. The molecule has 0 spiro atoms. The van der Waals surface area contributed by atoms with Crippen molar-refractivity contribution in [2.75, 3.05) is 0 Å². The van der Waals surface area contributed by atoms with Crippen molar-refractivity contribution in [3.8, 4) is 11.3 Å². The zero-order chi connectivity index (χ0) is 19.4. The number of hydrogen-bond acceptors (Lipinski definition) is 5. The lowest BCUT2D eigenvalue weighted by Crippen LogP contribution is -1.97. The summed E-state index contributed by atoms with van der Waals surface area (Å²) in [5, 5.41) is 17.3. The summed E-state index contributed by atoms with van der Waals surface area (Å²) >= 11 is 7.04. The summed E-state index contributed by atoms with van der Waals surface area (Å²) in [6, 6.07) is 9.05. The second-order valence-electron chi connectivity index (χ2n) is 5.89. The SMILES string of the molecule is CCCc1nc(S/C(=C\c2ccc(-c3cc(Cl)ccc3C)o2)C(=O)O)n[nH]1. The number of H-pyrrole nitrogens is 1. The molecule has 0 aliphatic heterocycles. The van der Waals surface area contributed by atoms with Crippen LogP contribution in [0.4, 0.5) is 0 Å². The van der Waals surface area contributed by atoms with Gasteiger partial charge in [0.15, 0.2) is 0 Å². The average molecular weight is 404 g/mol. The van der Waals surface area contributed by atoms with Crippen molar-refractivity contribution in [3.05, 3.63) is 57.4 Å². The molecule has 2 N–H and O–H groups in total. The van der Waals surface area contributed by atoms with Crippen LogP contribution in [0, 0.1) is 6.92 Å². The molecule has 0 aliphatic rings. The first kappa shape index (κ1) is 19.3. The molecule has 2 heterocycles. The van der Waals surface area contributed by atoms with Gasteiger partial charge in [-0.2, -0.15) is 0 Å². The lowest BCUT2D eigenvalue weighted by molar-refractivity contribution is -0.131. The molecule has 3 rings (SSSR count). The van der Waals surface area contributed by atoms with Gasteiger partial charge in [0, 0.05) is 23.1 Å². The number of aliphatic carboxylic acids is 1. The number of carbonyl (C=O) groups is 1. The minimum absolute atomic E-state index is 0.0702. The first-order valence-corrected chi connectivity index (χ1v) is 9.56. The van der Waals surface area contributed by atoms with Crippen LogP contribution >= 0.6 is 23.4 Å². The lowest BCUT2D eigenvalue weighted by atomic mass is 10.1. The van der Waals surface area contributed by atoms with Crippen molar-refractivity contribution in [1.82, 2.24) is 15.2 Å². The lowest BCUT2D eigenvalue weighted by Gasteiger charge is -2.03. The van der Waals surface area contributed by atoms with Crippen LogP contribution in [-0.4, -0.2) is 26.3 Å². The van der Waals surface area contributed by atoms with Gasteiger partial charge in [0.25, 0.3) is 0 Å². The molecule has 0 amide bonds. The molecule has 8 heteroatoms. The number of carboxylic acids is 1. The summed E-state index contributed by atoms with van der Waals surface area (Å²) in [6.45, 7) is 3.99. The van der Waals surface area contributed by atoms with Gasteiger partial charge in [-0.15, -0.1) is 5.10 Å². The Hall–Kier alpha value is -2.51. The molecule has 0 fully saturated rings. The fraction of sp³-hybridized carbons (Fsp3) is 0.211. The largest absolute Gasteiger partial charge is 0.477 e. The minimum Gasteiger partial charge on any atom is -0.477 e. The van der Waals surface area contributed by atoms with E-state index in [0.29, 0.717) is 21.7 Å². The molecular weight excluding hydrogens is 386 g/mol. The maximum atomic E-state index is 11.6. The smallest absolute Gasteiger partial charge is 0.342 e. The summed E-state index contributed by atoms with van der Waals surface area (Å²) in [5.41, 5.74) is 1.88. The summed E-state index contributed by atoms with van der Waals surface area (Å²) in [7, 11) is 0. The highest BCUT2D eigenvalue weighted by atomic mass is 35.5. The van der Waals surface area contributed by atoms with Gasteiger partial charge < -0.3 is 9.52 Å². The number of halogens is 1. The second kappa shape index (κ2) is 8.45. The number of aromatic amines is 1. The number of benzene rings is 1. The molecule has 3 aromatic rings. The number of nitrogens with one attached hydrogen (secondary N) is 1. The summed E-state index contributed by atoms with van der Waals surface area (Å²) in [6.07, 6.45) is 3.16. The van der Waals surface area contributed by atoms with Crippen LogP contribution in [-0.2, 0) is 11.2 Å². The normalized spacial score (nSPS) is 11.7. The molecule has 0 atom stereocenters. The van der Waals surface area contributed by atoms with Gasteiger partial charge in [0.1, 0.15) is 22.3 Å². The predicted octanol–water partition coefficient (Wildman–Crippen LogP) is 5.20. The van der Waals surface area contributed by atoms with Gasteiger partial charge in [-0.3, -0.25) is 5.10 Å². The first-order chi connectivity index (χ1) is 13.0. The second-order valence-corrected chi connectivity index (χ2v) is 7.34. The van der Waals surface area contributed by atoms with E-state index in [-0.39, 0.29) is 4.91 Å². The Labute approximate surface area is 165 Å². The van der Waals surface area contributed by atoms with Gasteiger partial charge in [0.05, 0.1) is 0 Å². The Bertz CT molecular complexity index is 994. The van der Waals surface area contributed by atoms with E-state index in [0.717, 1.165) is 41.6 Å². The van der Waals surface area contributed by atoms with Crippen molar-refractivity contribution >= 4 is 35.4 Å². The summed E-state index contributed by atoms with van der Waals surface area (Å²) in [5.74, 6) is 0.720. The monoisotopic (exact) mass is 403 g/mol. The van der Waals surface area contributed by atoms with Crippen LogP contribution in [0.1, 0.15) is 30.5 Å². The van der Waals surface area contributed by atoms with Crippen LogP contribution in [0.2, 0.25) is 5.02 Å². The zero-order valence-corrected chi connectivity index (χ0v) is 16.4. The Morgan fingerprint density at radius 3 is 2.93 bits per heavy atom. The van der Waals surface area contributed by atoms with E-state index >= 15 is 0 Å². The number of carboxylic acid groups (broad SMARTS) is 1. The number of thioether (sulfide) groups is 1. The van der Waals surface area contributed by atoms with Crippen molar-refractivity contribution < 1.29 is 14.3 Å². The molecule has 0 bridgehead atoms. The van der Waals surface area contributed by atoms with Crippen LogP contribution < -0.4 is 0 Å². The van der Waals surface area contributed by atoms with E-state index in [1.165, 1.54) is 6.08 Å². The van der Waals surface area contributed by atoms with E-state index in [1.807, 2.05) is 32.0 Å². The standard InChI is InChI=1S/C19H18ClN3O3S/c1-3-4-17-21-19(23-22-17)27-16(18(24)25)10-13-7-8-15(26-13)14-9-12(20)6-5-11(14)2/h5-10H,3-4H2,1-2H3,(H,24,25)(H,21,22,23)/b16-10-. The summed E-state index contributed by atoms with van der Waals surface area (Å²) in [4.78, 5) is 16.0. The number of rotatable bonds is 7. The molecule has 0 saturated carbocycles. The average Bonchev–Trinajstić information content (AvgIpc) is 3.26. The molecule has 0 radical (unpaired) electrons.